The van der Waals surface area contributed by atoms with Crippen molar-refractivity contribution in [3.8, 4) is 50.2 Å². The van der Waals surface area contributed by atoms with Crippen LogP contribution in [0.15, 0.2) is 271 Å². The Morgan fingerprint density at radius 3 is 1.55 bits per heavy atom. The molecule has 0 atom stereocenters. The molecule has 0 saturated heterocycles. The van der Waals surface area contributed by atoms with E-state index in [-0.39, 0.29) is 0 Å². The Morgan fingerprint density at radius 1 is 0.296 bits per heavy atom. The summed E-state index contributed by atoms with van der Waals surface area (Å²) >= 11 is 0. The predicted octanol–water partition coefficient (Wildman–Crippen LogP) is 19.1. The molecule has 332 valence electrons. The number of hydrogen-bond acceptors (Lipinski definition) is 2. The van der Waals surface area contributed by atoms with Gasteiger partial charge in [0.25, 0.3) is 0 Å². The van der Waals surface area contributed by atoms with Crippen molar-refractivity contribution in [2.75, 3.05) is 4.90 Å². The molecule has 14 rings (SSSR count). The summed E-state index contributed by atoms with van der Waals surface area (Å²) in [6, 6.07) is 96.7. The minimum atomic E-state index is 0.878. The number of furan rings is 1. The van der Waals surface area contributed by atoms with Gasteiger partial charge in [0.1, 0.15) is 11.2 Å². The van der Waals surface area contributed by atoms with Gasteiger partial charge < -0.3 is 13.9 Å². The van der Waals surface area contributed by atoms with Gasteiger partial charge in [-0.15, -0.1) is 0 Å². The summed E-state index contributed by atoms with van der Waals surface area (Å²) < 4.78 is 8.80. The van der Waals surface area contributed by atoms with Crippen LogP contribution in [-0.4, -0.2) is 4.57 Å². The van der Waals surface area contributed by atoms with E-state index in [0.29, 0.717) is 0 Å². The monoisotopic (exact) mass is 904 g/mol. The number of hydrogen-bond donors (Lipinski definition) is 0. The lowest BCUT2D eigenvalue weighted by Crippen LogP contribution is -2.11. The number of benzene rings is 12. The third-order valence-electron chi connectivity index (χ3n) is 14.4. The van der Waals surface area contributed by atoms with Crippen molar-refractivity contribution in [1.82, 2.24) is 4.57 Å². The fraction of sp³-hybridized carbons (Fsp3) is 0. The summed E-state index contributed by atoms with van der Waals surface area (Å²) in [5.74, 6) is 0. The lowest BCUT2D eigenvalue weighted by atomic mass is 9.96. The Balaban J connectivity index is 0.855. The van der Waals surface area contributed by atoms with E-state index in [2.05, 4.69) is 270 Å². The van der Waals surface area contributed by atoms with Crippen LogP contribution >= 0.6 is 0 Å². The second-order valence-corrected chi connectivity index (χ2v) is 18.4. The molecule has 0 radical (unpaired) electrons. The summed E-state index contributed by atoms with van der Waals surface area (Å²) in [6.45, 7) is 0. The molecule has 71 heavy (non-hydrogen) atoms. The van der Waals surface area contributed by atoms with Crippen molar-refractivity contribution in [3.63, 3.8) is 0 Å². The van der Waals surface area contributed by atoms with Crippen molar-refractivity contribution >= 4 is 82.4 Å². The molecular formula is C68H44N2O. The van der Waals surface area contributed by atoms with E-state index < -0.39 is 0 Å². The van der Waals surface area contributed by atoms with Gasteiger partial charge in [-0.2, -0.15) is 0 Å². The highest BCUT2D eigenvalue weighted by Gasteiger charge is 2.21. The van der Waals surface area contributed by atoms with Crippen molar-refractivity contribution in [2.45, 2.75) is 0 Å². The Hall–Kier alpha value is -9.44. The number of nitrogens with zero attached hydrogens (tertiary/aromatic N) is 2. The van der Waals surface area contributed by atoms with Gasteiger partial charge in [-0.25, -0.2) is 0 Å². The second-order valence-electron chi connectivity index (χ2n) is 18.4. The first-order valence-electron chi connectivity index (χ1n) is 24.3. The molecule has 14 aromatic rings. The molecule has 0 aliphatic rings. The van der Waals surface area contributed by atoms with Gasteiger partial charge in [-0.3, -0.25) is 0 Å². The fourth-order valence-corrected chi connectivity index (χ4v) is 11.0. The van der Waals surface area contributed by atoms with Gasteiger partial charge in [0.15, 0.2) is 0 Å². The van der Waals surface area contributed by atoms with Crippen LogP contribution in [-0.2, 0) is 0 Å². The highest BCUT2D eigenvalue weighted by atomic mass is 16.3. The average molecular weight is 905 g/mol. The number of aromatic nitrogens is 1. The molecular weight excluding hydrogens is 861 g/mol. The van der Waals surface area contributed by atoms with E-state index in [1.165, 1.54) is 65.6 Å². The Kier molecular flexibility index (Phi) is 9.53. The first-order chi connectivity index (χ1) is 35.2. The minimum Gasteiger partial charge on any atom is -0.456 e. The molecule has 0 spiro atoms. The maximum Gasteiger partial charge on any atom is 0.136 e. The molecule has 0 saturated carbocycles. The van der Waals surface area contributed by atoms with Gasteiger partial charge in [0.2, 0.25) is 0 Å². The number of rotatable bonds is 8. The summed E-state index contributed by atoms with van der Waals surface area (Å²) in [5.41, 5.74) is 17.8. The average Bonchev–Trinajstić information content (AvgIpc) is 4.00. The quantitative estimate of drug-likeness (QED) is 0.142. The highest BCUT2D eigenvalue weighted by Crippen LogP contribution is 2.46. The number of fused-ring (bicyclic) bond motifs is 9. The van der Waals surface area contributed by atoms with Crippen LogP contribution in [0.4, 0.5) is 17.1 Å². The summed E-state index contributed by atoms with van der Waals surface area (Å²) in [7, 11) is 0. The van der Waals surface area contributed by atoms with Crippen LogP contribution in [0.3, 0.4) is 0 Å². The van der Waals surface area contributed by atoms with Crippen molar-refractivity contribution in [3.05, 3.63) is 267 Å². The smallest absolute Gasteiger partial charge is 0.136 e. The molecule has 2 aromatic heterocycles. The molecule has 3 heteroatoms. The molecule has 0 aliphatic carbocycles. The van der Waals surface area contributed by atoms with E-state index in [4.69, 9.17) is 4.42 Å². The predicted molar refractivity (Wildman–Crippen MR) is 299 cm³/mol. The molecule has 0 bridgehead atoms. The van der Waals surface area contributed by atoms with E-state index in [9.17, 15) is 0 Å². The molecule has 0 amide bonds. The number of para-hydroxylation sites is 4. The Bertz CT molecular complexity index is 4290. The molecule has 0 fully saturated rings. The zero-order chi connectivity index (χ0) is 46.8. The Morgan fingerprint density at radius 2 is 0.803 bits per heavy atom. The standard InChI is InChI=1S/C68H44N2O/c1-2-19-56-47(14-1)30-31-52-43-51(36-41-57(52)56)46-34-39-54(40-35-46)69(63-25-7-5-22-60(63)61-24-13-29-67-68(61)62-23-6-10-28-66(62)71-67)53-37-32-45(33-38-53)48-15-11-16-49(42-48)50-17-12-18-55(44-50)70-64-26-8-3-20-58(64)59-21-4-9-27-65(59)70/h1-44H. The summed E-state index contributed by atoms with van der Waals surface area (Å²) in [4.78, 5) is 2.40. The zero-order valence-corrected chi connectivity index (χ0v) is 38.7. The van der Waals surface area contributed by atoms with Crippen molar-refractivity contribution in [1.29, 1.82) is 0 Å². The van der Waals surface area contributed by atoms with Crippen LogP contribution in [0, 0.1) is 0 Å². The Labute approximate surface area is 411 Å². The fourth-order valence-electron chi connectivity index (χ4n) is 11.0. The molecule has 0 N–H and O–H groups in total. The lowest BCUT2D eigenvalue weighted by Gasteiger charge is -2.28. The highest BCUT2D eigenvalue weighted by molar-refractivity contribution is 6.14. The third-order valence-corrected chi connectivity index (χ3v) is 14.4. The maximum absolute atomic E-state index is 6.42. The van der Waals surface area contributed by atoms with Gasteiger partial charge in [0, 0.05) is 44.2 Å². The SMILES string of the molecule is c1cc(-c2ccc(N(c3ccc(-c4ccc5c(ccc6ccccc65)c4)cc3)c3ccccc3-c3cccc4oc5ccccc5c34)cc2)cc(-c2cccc(-n3c4ccccc4c4ccccc43)c2)c1. The van der Waals surface area contributed by atoms with Crippen LogP contribution in [0.2, 0.25) is 0 Å². The zero-order valence-electron chi connectivity index (χ0n) is 38.7. The largest absolute Gasteiger partial charge is 0.456 e. The first kappa shape index (κ1) is 40.6. The van der Waals surface area contributed by atoms with Crippen LogP contribution in [0.5, 0.6) is 0 Å². The summed E-state index contributed by atoms with van der Waals surface area (Å²) in [5, 5.41) is 9.79. The summed E-state index contributed by atoms with van der Waals surface area (Å²) in [6.07, 6.45) is 0. The lowest BCUT2D eigenvalue weighted by molar-refractivity contribution is 0.669. The first-order valence-corrected chi connectivity index (χ1v) is 24.3. The van der Waals surface area contributed by atoms with Crippen LogP contribution in [0.1, 0.15) is 0 Å². The van der Waals surface area contributed by atoms with Crippen LogP contribution < -0.4 is 4.90 Å². The van der Waals surface area contributed by atoms with Gasteiger partial charge >= 0.3 is 0 Å². The molecule has 0 unspecified atom stereocenters. The number of anilines is 3. The third kappa shape index (κ3) is 6.89. The van der Waals surface area contributed by atoms with Crippen molar-refractivity contribution in [2.24, 2.45) is 0 Å². The topological polar surface area (TPSA) is 21.3 Å². The van der Waals surface area contributed by atoms with Gasteiger partial charge in [0.05, 0.1) is 16.7 Å². The van der Waals surface area contributed by atoms with Gasteiger partial charge in [-0.05, 0) is 139 Å². The normalized spacial score (nSPS) is 11.7. The van der Waals surface area contributed by atoms with Crippen molar-refractivity contribution < 1.29 is 4.42 Å². The molecule has 2 heterocycles. The second kappa shape index (κ2) is 16.7. The maximum atomic E-state index is 6.42. The minimum absolute atomic E-state index is 0.878. The van der Waals surface area contributed by atoms with Crippen LogP contribution in [0.25, 0.3) is 115 Å². The molecule has 0 aliphatic heterocycles. The molecule has 3 nitrogen and oxygen atoms in total. The van der Waals surface area contributed by atoms with Gasteiger partial charge in [-0.1, -0.05) is 188 Å². The van der Waals surface area contributed by atoms with E-state index in [0.717, 1.165) is 66.9 Å². The molecule has 12 aromatic carbocycles. The van der Waals surface area contributed by atoms with E-state index in [1.807, 2.05) is 6.07 Å². The van der Waals surface area contributed by atoms with E-state index >= 15 is 0 Å². The van der Waals surface area contributed by atoms with E-state index in [1.54, 1.807) is 0 Å².